The van der Waals surface area contributed by atoms with Crippen LogP contribution in [-0.2, 0) is 20.9 Å². The Hall–Kier alpha value is -3.22. The van der Waals surface area contributed by atoms with Crippen molar-refractivity contribution in [3.63, 3.8) is 0 Å². The number of halogens is 1. The van der Waals surface area contributed by atoms with Crippen LogP contribution in [0.4, 0.5) is 4.39 Å². The first kappa shape index (κ1) is 21.1. The average molecular weight is 387 g/mol. The second-order valence-corrected chi connectivity index (χ2v) is 6.02. The molecule has 2 aromatic rings. The van der Waals surface area contributed by atoms with Crippen molar-refractivity contribution in [3.05, 3.63) is 65.5 Å². The Bertz CT molecular complexity index is 823. The Morgan fingerprint density at radius 3 is 2.43 bits per heavy atom. The molecule has 28 heavy (non-hydrogen) atoms. The SMILES string of the molecule is COc1ccc(COC(=O)CCNC(=O)CCC(=O)c2ccccc2)cc1F. The lowest BCUT2D eigenvalue weighted by Crippen LogP contribution is -2.26. The van der Waals surface area contributed by atoms with Gasteiger partial charge in [0.15, 0.2) is 17.3 Å². The van der Waals surface area contributed by atoms with E-state index in [1.54, 1.807) is 30.3 Å². The van der Waals surface area contributed by atoms with Gasteiger partial charge in [-0.05, 0) is 17.7 Å². The molecule has 0 radical (unpaired) electrons. The first-order valence-electron chi connectivity index (χ1n) is 8.82. The minimum atomic E-state index is -0.534. The maximum absolute atomic E-state index is 13.6. The number of esters is 1. The van der Waals surface area contributed by atoms with Crippen LogP contribution in [0.5, 0.6) is 5.75 Å². The minimum Gasteiger partial charge on any atom is -0.494 e. The van der Waals surface area contributed by atoms with Gasteiger partial charge < -0.3 is 14.8 Å². The highest BCUT2D eigenvalue weighted by Gasteiger charge is 2.10. The molecule has 0 aromatic heterocycles. The number of Topliss-reactive ketones (excluding diaryl/α,β-unsaturated/α-hetero) is 1. The topological polar surface area (TPSA) is 81.7 Å². The first-order valence-corrected chi connectivity index (χ1v) is 8.82. The maximum atomic E-state index is 13.6. The quantitative estimate of drug-likeness (QED) is 0.501. The number of ketones is 1. The fourth-order valence-electron chi connectivity index (χ4n) is 2.42. The van der Waals surface area contributed by atoms with Gasteiger partial charge in [0, 0.05) is 24.9 Å². The van der Waals surface area contributed by atoms with Gasteiger partial charge in [0.05, 0.1) is 13.5 Å². The lowest BCUT2D eigenvalue weighted by atomic mass is 10.1. The molecule has 0 unspecified atom stereocenters. The molecular weight excluding hydrogens is 365 g/mol. The van der Waals surface area contributed by atoms with E-state index in [4.69, 9.17) is 9.47 Å². The number of methoxy groups -OCH3 is 1. The molecule has 0 aliphatic heterocycles. The molecule has 0 saturated heterocycles. The smallest absolute Gasteiger partial charge is 0.307 e. The summed E-state index contributed by atoms with van der Waals surface area (Å²) in [5.41, 5.74) is 1.06. The Kier molecular flexibility index (Phi) is 8.14. The van der Waals surface area contributed by atoms with Gasteiger partial charge in [0.2, 0.25) is 5.91 Å². The van der Waals surface area contributed by atoms with Gasteiger partial charge in [-0.15, -0.1) is 0 Å². The van der Waals surface area contributed by atoms with Crippen LogP contribution < -0.4 is 10.1 Å². The van der Waals surface area contributed by atoms with E-state index in [1.807, 2.05) is 6.07 Å². The Morgan fingerprint density at radius 1 is 1.00 bits per heavy atom. The van der Waals surface area contributed by atoms with E-state index in [-0.39, 0.29) is 49.9 Å². The Balaban J connectivity index is 1.63. The summed E-state index contributed by atoms with van der Waals surface area (Å²) in [6.07, 6.45) is 0.133. The number of rotatable bonds is 10. The molecule has 0 aliphatic carbocycles. The number of carbonyl (C=O) groups excluding carboxylic acids is 3. The fraction of sp³-hybridized carbons (Fsp3) is 0.286. The molecule has 2 rings (SSSR count). The Labute approximate surface area is 162 Å². The van der Waals surface area contributed by atoms with E-state index in [0.717, 1.165) is 0 Å². The molecule has 6 nitrogen and oxygen atoms in total. The third-order valence-electron chi connectivity index (χ3n) is 3.94. The summed E-state index contributed by atoms with van der Waals surface area (Å²) in [5.74, 6) is -1.36. The number of hydrogen-bond acceptors (Lipinski definition) is 5. The summed E-state index contributed by atoms with van der Waals surface area (Å²) in [6, 6.07) is 13.0. The molecule has 0 heterocycles. The number of nitrogens with one attached hydrogen (secondary N) is 1. The molecule has 0 atom stereocenters. The van der Waals surface area contributed by atoms with Gasteiger partial charge in [-0.3, -0.25) is 14.4 Å². The summed E-state index contributed by atoms with van der Waals surface area (Å²) in [6.45, 7) is 0.0352. The molecule has 7 heteroatoms. The van der Waals surface area contributed by atoms with Crippen molar-refractivity contribution in [3.8, 4) is 5.75 Å². The van der Waals surface area contributed by atoms with E-state index >= 15 is 0 Å². The highest BCUT2D eigenvalue weighted by molar-refractivity contribution is 5.97. The zero-order valence-electron chi connectivity index (χ0n) is 15.6. The molecular formula is C21H22FNO5. The van der Waals surface area contributed by atoms with Gasteiger partial charge in [-0.2, -0.15) is 0 Å². The predicted molar refractivity (Wildman–Crippen MR) is 100 cm³/mol. The van der Waals surface area contributed by atoms with Crippen LogP contribution in [0.2, 0.25) is 0 Å². The van der Waals surface area contributed by atoms with Crippen LogP contribution in [0.3, 0.4) is 0 Å². The average Bonchev–Trinajstić information content (AvgIpc) is 2.71. The van der Waals surface area contributed by atoms with Crippen LogP contribution >= 0.6 is 0 Å². The molecule has 1 N–H and O–H groups in total. The van der Waals surface area contributed by atoms with Crippen molar-refractivity contribution in [1.82, 2.24) is 5.32 Å². The molecule has 0 bridgehead atoms. The number of hydrogen-bond donors (Lipinski definition) is 1. The van der Waals surface area contributed by atoms with Crippen molar-refractivity contribution in [2.45, 2.75) is 25.9 Å². The largest absolute Gasteiger partial charge is 0.494 e. The van der Waals surface area contributed by atoms with Gasteiger partial charge >= 0.3 is 5.97 Å². The number of ether oxygens (including phenoxy) is 2. The van der Waals surface area contributed by atoms with Crippen molar-refractivity contribution < 1.29 is 28.2 Å². The number of amides is 1. The van der Waals surface area contributed by atoms with Crippen molar-refractivity contribution in [2.75, 3.05) is 13.7 Å². The van der Waals surface area contributed by atoms with Gasteiger partial charge in [0.25, 0.3) is 0 Å². The van der Waals surface area contributed by atoms with E-state index in [9.17, 15) is 18.8 Å². The van der Waals surface area contributed by atoms with E-state index in [1.165, 1.54) is 19.2 Å². The highest BCUT2D eigenvalue weighted by atomic mass is 19.1. The molecule has 0 fully saturated rings. The summed E-state index contributed by atoms with van der Waals surface area (Å²) in [4.78, 5) is 35.4. The molecule has 148 valence electrons. The number of benzene rings is 2. The second-order valence-electron chi connectivity index (χ2n) is 6.02. The third-order valence-corrected chi connectivity index (χ3v) is 3.94. The molecule has 0 saturated carbocycles. The number of carbonyl (C=O) groups is 3. The van der Waals surface area contributed by atoms with Gasteiger partial charge in [-0.25, -0.2) is 4.39 Å². The molecule has 2 aromatic carbocycles. The summed E-state index contributed by atoms with van der Waals surface area (Å²) >= 11 is 0. The van der Waals surface area contributed by atoms with E-state index in [0.29, 0.717) is 11.1 Å². The summed E-state index contributed by atoms with van der Waals surface area (Å²) in [5, 5.41) is 2.57. The van der Waals surface area contributed by atoms with Crippen LogP contribution in [0, 0.1) is 5.82 Å². The standard InChI is InChI=1S/C21H22FNO5/c1-27-19-9-7-15(13-17(19)22)14-28-21(26)11-12-23-20(25)10-8-18(24)16-5-3-2-4-6-16/h2-7,9,13H,8,10-12,14H2,1H3,(H,23,25). The van der Waals surface area contributed by atoms with Crippen molar-refractivity contribution in [1.29, 1.82) is 0 Å². The van der Waals surface area contributed by atoms with Crippen molar-refractivity contribution in [2.24, 2.45) is 0 Å². The van der Waals surface area contributed by atoms with Crippen LogP contribution in [0.15, 0.2) is 48.5 Å². The lowest BCUT2D eigenvalue weighted by Gasteiger charge is -2.08. The summed E-state index contributed by atoms with van der Waals surface area (Å²) < 4.78 is 23.4. The predicted octanol–water partition coefficient (Wildman–Crippen LogP) is 3.05. The minimum absolute atomic E-state index is 0.0169. The molecule has 0 spiro atoms. The van der Waals surface area contributed by atoms with Crippen LogP contribution in [-0.4, -0.2) is 31.3 Å². The van der Waals surface area contributed by atoms with E-state index < -0.39 is 11.8 Å². The third kappa shape index (κ3) is 6.83. The highest BCUT2D eigenvalue weighted by Crippen LogP contribution is 2.18. The monoisotopic (exact) mass is 387 g/mol. The van der Waals surface area contributed by atoms with Crippen LogP contribution in [0.25, 0.3) is 0 Å². The van der Waals surface area contributed by atoms with Crippen LogP contribution in [0.1, 0.15) is 35.2 Å². The molecule has 0 aliphatic rings. The van der Waals surface area contributed by atoms with Gasteiger partial charge in [-0.1, -0.05) is 36.4 Å². The zero-order valence-corrected chi connectivity index (χ0v) is 15.6. The Morgan fingerprint density at radius 2 is 1.75 bits per heavy atom. The summed E-state index contributed by atoms with van der Waals surface area (Å²) in [7, 11) is 1.37. The first-order chi connectivity index (χ1) is 13.5. The van der Waals surface area contributed by atoms with E-state index in [2.05, 4.69) is 5.32 Å². The van der Waals surface area contributed by atoms with Gasteiger partial charge in [0.1, 0.15) is 6.61 Å². The second kappa shape index (κ2) is 10.8. The maximum Gasteiger partial charge on any atom is 0.307 e. The zero-order chi connectivity index (χ0) is 20.4. The molecule has 1 amide bonds. The van der Waals surface area contributed by atoms with Crippen molar-refractivity contribution >= 4 is 17.7 Å². The normalized spacial score (nSPS) is 10.2. The lowest BCUT2D eigenvalue weighted by molar-refractivity contribution is -0.144. The fourth-order valence-corrected chi connectivity index (χ4v) is 2.42.